The molecule has 0 aromatic rings. The maximum absolute atomic E-state index is 2.37. The Labute approximate surface area is 140 Å². The monoisotopic (exact) mass is 368 g/mol. The van der Waals surface area contributed by atoms with Crippen LogP contribution in [-0.4, -0.2) is 8.80 Å². The molecule has 0 amide bonds. The van der Waals surface area contributed by atoms with E-state index in [0.717, 1.165) is 5.92 Å². The summed E-state index contributed by atoms with van der Waals surface area (Å²) in [5.41, 5.74) is 1.58. The molecule has 2 rings (SSSR count). The zero-order valence-corrected chi connectivity index (χ0v) is 15.8. The van der Waals surface area contributed by atoms with Crippen LogP contribution in [0, 0.1) is 12.3 Å². The maximum atomic E-state index is 2.37. The van der Waals surface area contributed by atoms with Crippen LogP contribution in [0.25, 0.3) is 6.15 Å². The fourth-order valence-corrected chi connectivity index (χ4v) is 1.66. The van der Waals surface area contributed by atoms with Gasteiger partial charge in [-0.05, 0) is 12.3 Å². The van der Waals surface area contributed by atoms with Crippen LogP contribution in [0.1, 0.15) is 19.3 Å². The molecule has 2 aliphatic carbocycles. The van der Waals surface area contributed by atoms with Crippen LogP contribution in [0.3, 0.4) is 0 Å². The fourth-order valence-electron chi connectivity index (χ4n) is 1.66. The molecular weight excluding hydrogens is 348 g/mol. The van der Waals surface area contributed by atoms with E-state index in [1.54, 1.807) is 5.57 Å². The number of allylic oxidation sites excluding steroid dienone is 4. The SMILES string of the molecule is C1=CCC2CC[CH-]C2=C1.C[Si](C)C.[Cl-].[Cl-].[NH2-].[Zr+4]. The summed E-state index contributed by atoms with van der Waals surface area (Å²) in [5.74, 6) is 0.884. The number of hydrogen-bond acceptors (Lipinski definition) is 0. The molecule has 0 aromatic carbocycles. The number of halogens is 2. The Kier molecular flexibility index (Phi) is 23.5. The average Bonchev–Trinajstić information content (AvgIpc) is 2.49. The van der Waals surface area contributed by atoms with E-state index >= 15 is 0 Å². The minimum Gasteiger partial charge on any atom is -1.00 e. The number of hydrogen-bond donors (Lipinski definition) is 0. The van der Waals surface area contributed by atoms with Crippen LogP contribution in [0.15, 0.2) is 23.8 Å². The van der Waals surface area contributed by atoms with Crippen LogP contribution in [0.4, 0.5) is 0 Å². The third-order valence-corrected chi connectivity index (χ3v) is 2.21. The van der Waals surface area contributed by atoms with Crippen molar-refractivity contribution in [3.8, 4) is 0 Å². The van der Waals surface area contributed by atoms with Crippen LogP contribution in [-0.2, 0) is 26.2 Å². The topological polar surface area (TPSA) is 33.5 Å². The van der Waals surface area contributed by atoms with Gasteiger partial charge in [0.15, 0.2) is 0 Å². The average molecular weight is 371 g/mol. The second-order valence-electron chi connectivity index (χ2n) is 4.31. The standard InChI is InChI=1S/C9H11.C3H9Si.2ClH.H2N.Zr/c1-2-5-9-7-3-6-8(9)4-1;1-4(2)3;;;;/h1-2,4,6,9H,3,5,7H2;1-3H3;2*1H;1H2;/q-1;;;;-1;+4/p-2. The summed E-state index contributed by atoms with van der Waals surface area (Å²) < 4.78 is 0. The van der Waals surface area contributed by atoms with E-state index in [2.05, 4.69) is 44.3 Å². The zero-order chi connectivity index (χ0) is 9.68. The first-order valence-corrected chi connectivity index (χ1v) is 8.17. The van der Waals surface area contributed by atoms with Gasteiger partial charge < -0.3 is 31.0 Å². The number of fused-ring (bicyclic) bond motifs is 1. The van der Waals surface area contributed by atoms with Gasteiger partial charge in [0.25, 0.3) is 0 Å². The molecule has 0 spiro atoms. The van der Waals surface area contributed by atoms with Gasteiger partial charge in [0, 0.05) is 8.80 Å². The number of nitrogens with two attached hydrogens (primary N) is 1. The molecule has 17 heavy (non-hydrogen) atoms. The summed E-state index contributed by atoms with van der Waals surface area (Å²) in [6, 6.07) is 0. The Balaban J connectivity index is -0.0000000962. The maximum Gasteiger partial charge on any atom is 4.00 e. The third-order valence-electron chi connectivity index (χ3n) is 2.21. The predicted octanol–water partition coefficient (Wildman–Crippen LogP) is -1.42. The van der Waals surface area contributed by atoms with Gasteiger partial charge in [0.05, 0.1) is 0 Å². The van der Waals surface area contributed by atoms with E-state index in [0.29, 0.717) is 0 Å². The minimum absolute atomic E-state index is 0. The van der Waals surface area contributed by atoms with Crippen molar-refractivity contribution in [3.63, 3.8) is 0 Å². The smallest absolute Gasteiger partial charge is 1.00 e. The first kappa shape index (κ1) is 26.5. The van der Waals surface area contributed by atoms with E-state index < -0.39 is 0 Å². The molecule has 1 nitrogen and oxygen atoms in total. The second kappa shape index (κ2) is 15.0. The molecule has 0 aliphatic heterocycles. The molecule has 2 N–H and O–H groups in total. The molecule has 1 saturated carbocycles. The Bertz CT molecular complexity index is 218. The first-order valence-electron chi connectivity index (χ1n) is 5.17. The quantitative estimate of drug-likeness (QED) is 0.371. The Morgan fingerprint density at radius 2 is 1.76 bits per heavy atom. The van der Waals surface area contributed by atoms with Crippen molar-refractivity contribution in [2.45, 2.75) is 38.9 Å². The van der Waals surface area contributed by atoms with Crippen LogP contribution >= 0.6 is 0 Å². The summed E-state index contributed by atoms with van der Waals surface area (Å²) in [4.78, 5) is 0. The molecule has 1 radical (unpaired) electrons. The van der Waals surface area contributed by atoms with Gasteiger partial charge >= 0.3 is 26.2 Å². The second-order valence-corrected chi connectivity index (χ2v) is 7.31. The third kappa shape index (κ3) is 11.8. The van der Waals surface area contributed by atoms with Crippen molar-refractivity contribution in [1.29, 1.82) is 0 Å². The molecule has 0 bridgehead atoms. The zero-order valence-electron chi connectivity index (χ0n) is 10.8. The predicted molar refractivity (Wildman–Crippen MR) is 67.5 cm³/mol. The molecule has 1 atom stereocenters. The van der Waals surface area contributed by atoms with Crippen molar-refractivity contribution in [2.24, 2.45) is 5.92 Å². The summed E-state index contributed by atoms with van der Waals surface area (Å²) in [5, 5.41) is 0. The van der Waals surface area contributed by atoms with Crippen LogP contribution < -0.4 is 24.8 Å². The molecule has 0 heterocycles. The van der Waals surface area contributed by atoms with E-state index in [-0.39, 0.29) is 66.0 Å². The largest absolute Gasteiger partial charge is 4.00 e. The first-order chi connectivity index (χ1) is 6.20. The van der Waals surface area contributed by atoms with E-state index in [4.69, 9.17) is 0 Å². The number of rotatable bonds is 0. The van der Waals surface area contributed by atoms with Gasteiger partial charge in [-0.1, -0.05) is 26.1 Å². The van der Waals surface area contributed by atoms with Crippen molar-refractivity contribution >= 4 is 8.80 Å². The fraction of sp³-hybridized carbons (Fsp3) is 0.583. The molecular formula is C12H22Cl2NSiZr. The Morgan fingerprint density at radius 3 is 2.24 bits per heavy atom. The molecule has 5 heteroatoms. The van der Waals surface area contributed by atoms with E-state index in [1.807, 2.05) is 0 Å². The van der Waals surface area contributed by atoms with Gasteiger partial charge in [-0.15, -0.1) is 18.6 Å². The Hall–Kier alpha value is 0.990. The summed E-state index contributed by atoms with van der Waals surface area (Å²) in [6.07, 6.45) is 13.0. The molecule has 1 unspecified atom stereocenters. The molecule has 1 fully saturated rings. The van der Waals surface area contributed by atoms with Gasteiger partial charge in [-0.25, -0.2) is 18.1 Å². The van der Waals surface area contributed by atoms with Crippen LogP contribution in [0.2, 0.25) is 19.6 Å². The molecule has 0 aromatic heterocycles. The van der Waals surface area contributed by atoms with Crippen LogP contribution in [0.5, 0.6) is 0 Å². The Morgan fingerprint density at radius 1 is 1.24 bits per heavy atom. The van der Waals surface area contributed by atoms with Gasteiger partial charge in [0.1, 0.15) is 0 Å². The van der Waals surface area contributed by atoms with Crippen molar-refractivity contribution in [1.82, 2.24) is 0 Å². The minimum atomic E-state index is 0. The van der Waals surface area contributed by atoms with Crippen molar-refractivity contribution in [3.05, 3.63) is 36.4 Å². The van der Waals surface area contributed by atoms with Gasteiger partial charge in [-0.3, -0.25) is 0 Å². The normalized spacial score (nSPS) is 18.6. The summed E-state index contributed by atoms with van der Waals surface area (Å²) >= 11 is 0. The van der Waals surface area contributed by atoms with E-state index in [1.165, 1.54) is 19.3 Å². The van der Waals surface area contributed by atoms with Crippen molar-refractivity contribution < 1.29 is 51.0 Å². The molecule has 97 valence electrons. The summed E-state index contributed by atoms with van der Waals surface area (Å²) in [7, 11) is 0.120. The van der Waals surface area contributed by atoms with Crippen molar-refractivity contribution in [2.75, 3.05) is 0 Å². The van der Waals surface area contributed by atoms with Gasteiger partial charge in [0.2, 0.25) is 0 Å². The van der Waals surface area contributed by atoms with E-state index in [9.17, 15) is 0 Å². The molecule has 0 saturated heterocycles. The molecule has 2 aliphatic rings. The summed E-state index contributed by atoms with van der Waals surface area (Å²) in [6.45, 7) is 6.81. The van der Waals surface area contributed by atoms with Gasteiger partial charge in [-0.2, -0.15) is 0 Å².